The van der Waals surface area contributed by atoms with Gasteiger partial charge in [0.2, 0.25) is 5.91 Å². The molecule has 3 aliphatic rings. The number of carbonyl (C=O) groups is 1. The van der Waals surface area contributed by atoms with Gasteiger partial charge in [-0.05, 0) is 70.8 Å². The third kappa shape index (κ3) is 3.14. The number of likely N-dealkylation sites (tertiary alicyclic amines) is 1. The highest BCUT2D eigenvalue weighted by Gasteiger charge is 2.43. The van der Waals surface area contributed by atoms with Crippen LogP contribution in [0.25, 0.3) is 0 Å². The van der Waals surface area contributed by atoms with E-state index < -0.39 is 5.54 Å². The van der Waals surface area contributed by atoms with E-state index in [1.807, 2.05) is 6.92 Å². The normalized spacial score (nSPS) is 25.3. The Kier molecular flexibility index (Phi) is 4.52. The largest absolute Gasteiger partial charge is 0.337 e. The Hall–Kier alpha value is -1.87. The Balaban J connectivity index is 1.46. The van der Waals surface area contributed by atoms with Crippen molar-refractivity contribution in [2.24, 2.45) is 13.0 Å². The number of hydrogen-bond acceptors (Lipinski definition) is 4. The van der Waals surface area contributed by atoms with Gasteiger partial charge in [-0.3, -0.25) is 9.69 Å². The molecular weight excluding hydrogens is 326 g/mol. The maximum atomic E-state index is 12.6. The van der Waals surface area contributed by atoms with Gasteiger partial charge >= 0.3 is 0 Å². The van der Waals surface area contributed by atoms with E-state index in [-0.39, 0.29) is 11.9 Å². The van der Waals surface area contributed by atoms with Gasteiger partial charge in [0.1, 0.15) is 11.4 Å². The number of amides is 1. The molecule has 1 aliphatic heterocycles. The minimum absolute atomic E-state index is 0.0353. The second kappa shape index (κ2) is 6.70. The molecule has 4 rings (SSSR count). The molecule has 26 heavy (non-hydrogen) atoms. The zero-order chi connectivity index (χ0) is 18.3. The van der Waals surface area contributed by atoms with E-state index in [1.165, 1.54) is 24.2 Å². The van der Waals surface area contributed by atoms with Crippen molar-refractivity contribution < 1.29 is 4.79 Å². The molecular formula is C20H29N5O. The lowest BCUT2D eigenvalue weighted by atomic mass is 9.98. The molecule has 2 heterocycles. The van der Waals surface area contributed by atoms with Crippen LogP contribution in [0, 0.1) is 17.2 Å². The van der Waals surface area contributed by atoms with Crippen molar-refractivity contribution >= 4 is 5.91 Å². The highest BCUT2D eigenvalue weighted by molar-refractivity contribution is 5.79. The lowest BCUT2D eigenvalue weighted by molar-refractivity contribution is -0.123. The summed E-state index contributed by atoms with van der Waals surface area (Å²) in [6, 6.07) is 2.53. The summed E-state index contributed by atoms with van der Waals surface area (Å²) >= 11 is 0. The molecule has 1 amide bonds. The molecule has 1 aromatic heterocycles. The molecule has 2 fully saturated rings. The van der Waals surface area contributed by atoms with Crippen LogP contribution in [0.15, 0.2) is 0 Å². The standard InChI is InChI=1S/C20H29N5O/c1-20(13-21,14-9-10-14)23-18(26)12-25-11-5-8-17(25)19-22-15-6-3-4-7-16(15)24(19)2/h14,17H,3-12H2,1-2H3,(H,23,26)/t17-,20-/m0/s1. The summed E-state index contributed by atoms with van der Waals surface area (Å²) in [4.78, 5) is 19.8. The van der Waals surface area contributed by atoms with Crippen LogP contribution < -0.4 is 5.32 Å². The molecule has 0 unspecified atom stereocenters. The van der Waals surface area contributed by atoms with E-state index in [1.54, 1.807) is 0 Å². The van der Waals surface area contributed by atoms with Gasteiger partial charge in [-0.2, -0.15) is 5.26 Å². The topological polar surface area (TPSA) is 74.0 Å². The summed E-state index contributed by atoms with van der Waals surface area (Å²) in [5, 5.41) is 12.5. The SMILES string of the molecule is Cn1c([C@@H]2CCCN2CC(=O)N[C@@](C)(C#N)C2CC2)nc2c1CCCC2. The van der Waals surface area contributed by atoms with Gasteiger partial charge in [-0.15, -0.1) is 0 Å². The summed E-state index contributed by atoms with van der Waals surface area (Å²) in [6.07, 6.45) is 8.89. The number of carbonyl (C=O) groups excluding carboxylic acids is 1. The molecule has 1 aromatic rings. The van der Waals surface area contributed by atoms with Crippen LogP contribution >= 0.6 is 0 Å². The molecule has 6 nitrogen and oxygen atoms in total. The Morgan fingerprint density at radius 3 is 2.77 bits per heavy atom. The number of nitriles is 1. The number of fused-ring (bicyclic) bond motifs is 1. The Labute approximate surface area is 155 Å². The molecule has 1 saturated heterocycles. The molecule has 140 valence electrons. The van der Waals surface area contributed by atoms with Gasteiger partial charge in [0.05, 0.1) is 24.3 Å². The minimum atomic E-state index is -0.714. The van der Waals surface area contributed by atoms with Gasteiger partial charge in [0, 0.05) is 12.7 Å². The first-order valence-corrected chi connectivity index (χ1v) is 10.0. The summed E-state index contributed by atoms with van der Waals surface area (Å²) < 4.78 is 2.28. The third-order valence-corrected chi connectivity index (χ3v) is 6.44. The number of nitrogens with one attached hydrogen (secondary N) is 1. The molecule has 0 spiro atoms. The van der Waals surface area contributed by atoms with Crippen LogP contribution in [0.4, 0.5) is 0 Å². The number of aromatic nitrogens is 2. The predicted octanol–water partition coefficient (Wildman–Crippen LogP) is 2.24. The number of hydrogen-bond donors (Lipinski definition) is 1. The zero-order valence-electron chi connectivity index (χ0n) is 15.9. The minimum Gasteiger partial charge on any atom is -0.337 e. The summed E-state index contributed by atoms with van der Waals surface area (Å²) in [5.74, 6) is 1.39. The fraction of sp³-hybridized carbons (Fsp3) is 0.750. The number of nitrogens with zero attached hydrogens (tertiary/aromatic N) is 4. The van der Waals surface area contributed by atoms with Gasteiger partial charge in [-0.25, -0.2) is 4.98 Å². The van der Waals surface area contributed by atoms with Gasteiger partial charge in [0.15, 0.2) is 0 Å². The quantitative estimate of drug-likeness (QED) is 0.879. The molecule has 0 aromatic carbocycles. The van der Waals surface area contributed by atoms with E-state index in [2.05, 4.69) is 27.9 Å². The molecule has 2 atom stereocenters. The van der Waals surface area contributed by atoms with E-state index in [0.717, 1.165) is 50.9 Å². The molecule has 1 saturated carbocycles. The van der Waals surface area contributed by atoms with Crippen LogP contribution in [-0.4, -0.2) is 39.0 Å². The predicted molar refractivity (Wildman–Crippen MR) is 98.3 cm³/mol. The van der Waals surface area contributed by atoms with E-state index in [0.29, 0.717) is 12.5 Å². The average molecular weight is 355 g/mol. The van der Waals surface area contributed by atoms with E-state index in [4.69, 9.17) is 4.98 Å². The molecule has 1 N–H and O–H groups in total. The zero-order valence-corrected chi connectivity index (χ0v) is 15.9. The highest BCUT2D eigenvalue weighted by Crippen LogP contribution is 2.39. The second-order valence-corrected chi connectivity index (χ2v) is 8.39. The van der Waals surface area contributed by atoms with Crippen LogP contribution in [0.1, 0.15) is 68.7 Å². The molecule has 0 radical (unpaired) electrons. The maximum absolute atomic E-state index is 12.6. The van der Waals surface area contributed by atoms with Crippen molar-refractivity contribution in [3.05, 3.63) is 17.2 Å². The highest BCUT2D eigenvalue weighted by atomic mass is 16.2. The van der Waals surface area contributed by atoms with Crippen molar-refractivity contribution in [1.29, 1.82) is 5.26 Å². The van der Waals surface area contributed by atoms with Crippen molar-refractivity contribution in [2.75, 3.05) is 13.1 Å². The van der Waals surface area contributed by atoms with Crippen molar-refractivity contribution in [2.45, 2.75) is 69.9 Å². The smallest absolute Gasteiger partial charge is 0.235 e. The van der Waals surface area contributed by atoms with Gasteiger partial charge in [0.25, 0.3) is 0 Å². The third-order valence-electron chi connectivity index (χ3n) is 6.44. The van der Waals surface area contributed by atoms with Gasteiger partial charge in [-0.1, -0.05) is 0 Å². The van der Waals surface area contributed by atoms with E-state index in [9.17, 15) is 10.1 Å². The molecule has 0 bridgehead atoms. The van der Waals surface area contributed by atoms with Crippen molar-refractivity contribution in [1.82, 2.24) is 19.8 Å². The van der Waals surface area contributed by atoms with Crippen LogP contribution in [-0.2, 0) is 24.7 Å². The number of aryl methyl sites for hydroxylation is 1. The lowest BCUT2D eigenvalue weighted by Crippen LogP contribution is -2.50. The first kappa shape index (κ1) is 17.5. The van der Waals surface area contributed by atoms with Crippen molar-refractivity contribution in [3.63, 3.8) is 0 Å². The fourth-order valence-corrected chi connectivity index (χ4v) is 4.71. The summed E-state index contributed by atoms with van der Waals surface area (Å²) in [7, 11) is 2.13. The van der Waals surface area contributed by atoms with Crippen molar-refractivity contribution in [3.8, 4) is 6.07 Å². The summed E-state index contributed by atoms with van der Waals surface area (Å²) in [5.41, 5.74) is 1.93. The molecule has 6 heteroatoms. The van der Waals surface area contributed by atoms with Crippen LogP contribution in [0.3, 0.4) is 0 Å². The Morgan fingerprint density at radius 2 is 2.08 bits per heavy atom. The first-order chi connectivity index (χ1) is 12.5. The maximum Gasteiger partial charge on any atom is 0.235 e. The average Bonchev–Trinajstić information content (AvgIpc) is 3.33. The number of rotatable bonds is 5. The van der Waals surface area contributed by atoms with Gasteiger partial charge < -0.3 is 9.88 Å². The van der Waals surface area contributed by atoms with Crippen LogP contribution in [0.5, 0.6) is 0 Å². The number of imidazole rings is 1. The monoisotopic (exact) mass is 355 g/mol. The fourth-order valence-electron chi connectivity index (χ4n) is 4.71. The lowest BCUT2D eigenvalue weighted by Gasteiger charge is -2.27. The second-order valence-electron chi connectivity index (χ2n) is 8.39. The molecule has 2 aliphatic carbocycles. The van der Waals surface area contributed by atoms with Crippen LogP contribution in [0.2, 0.25) is 0 Å². The summed E-state index contributed by atoms with van der Waals surface area (Å²) in [6.45, 7) is 3.13. The van der Waals surface area contributed by atoms with E-state index >= 15 is 0 Å². The first-order valence-electron chi connectivity index (χ1n) is 10.0. The Bertz CT molecular complexity index is 744. The Morgan fingerprint density at radius 1 is 1.31 bits per heavy atom.